The lowest BCUT2D eigenvalue weighted by atomic mass is 10.1. The molecular weight excluding hydrogens is 321 g/mol. The van der Waals surface area contributed by atoms with Gasteiger partial charge >= 0.3 is 0 Å². The molecule has 0 atom stereocenters. The van der Waals surface area contributed by atoms with Crippen LogP contribution >= 0.6 is 0 Å². The maximum absolute atomic E-state index is 13.3. The third-order valence-corrected chi connectivity index (χ3v) is 3.81. The van der Waals surface area contributed by atoms with Gasteiger partial charge in [-0.05, 0) is 29.8 Å². The van der Waals surface area contributed by atoms with Gasteiger partial charge in [-0.25, -0.2) is 14.1 Å². The molecule has 2 aromatic carbocycles. The molecule has 0 aliphatic heterocycles. The van der Waals surface area contributed by atoms with Gasteiger partial charge < -0.3 is 0 Å². The average molecular weight is 339 g/mol. The standard InChI is InChI=1S/C19H18FN3O2/c1-12(2)18-21-16-9-4-3-8-15(16)19(25)23(18)22-17(24)11-13-6-5-7-14(20)10-13/h3-10,12H,11H2,1-2H3,(H,22,24). The second-order valence-electron chi connectivity index (χ2n) is 6.12. The van der Waals surface area contributed by atoms with Crippen molar-refractivity contribution in [1.29, 1.82) is 0 Å². The molecule has 1 amide bonds. The van der Waals surface area contributed by atoms with Crippen LogP contribution in [0.25, 0.3) is 10.9 Å². The van der Waals surface area contributed by atoms with Crippen molar-refractivity contribution < 1.29 is 9.18 Å². The molecule has 6 heteroatoms. The quantitative estimate of drug-likeness (QED) is 0.795. The van der Waals surface area contributed by atoms with Crippen LogP contribution in [-0.4, -0.2) is 15.6 Å². The summed E-state index contributed by atoms with van der Waals surface area (Å²) in [5, 5.41) is 0.429. The van der Waals surface area contributed by atoms with Gasteiger partial charge in [0.1, 0.15) is 11.6 Å². The van der Waals surface area contributed by atoms with E-state index in [2.05, 4.69) is 10.4 Å². The van der Waals surface area contributed by atoms with Crippen LogP contribution in [0.4, 0.5) is 4.39 Å². The Balaban J connectivity index is 1.97. The lowest BCUT2D eigenvalue weighted by Crippen LogP contribution is -2.37. The monoisotopic (exact) mass is 339 g/mol. The lowest BCUT2D eigenvalue weighted by Gasteiger charge is -2.16. The Labute approximate surface area is 144 Å². The topological polar surface area (TPSA) is 64.0 Å². The molecule has 3 rings (SSSR count). The number of aromatic nitrogens is 2. The van der Waals surface area contributed by atoms with Gasteiger partial charge in [-0.15, -0.1) is 0 Å². The average Bonchev–Trinajstić information content (AvgIpc) is 2.57. The van der Waals surface area contributed by atoms with Gasteiger partial charge in [0.25, 0.3) is 5.56 Å². The minimum absolute atomic E-state index is 0.0332. The maximum Gasteiger partial charge on any atom is 0.280 e. The molecule has 0 spiro atoms. The predicted molar refractivity (Wildman–Crippen MR) is 94.6 cm³/mol. The fourth-order valence-corrected chi connectivity index (χ4v) is 2.64. The summed E-state index contributed by atoms with van der Waals surface area (Å²) in [4.78, 5) is 29.6. The number of hydrogen-bond acceptors (Lipinski definition) is 3. The number of para-hydroxylation sites is 1. The Morgan fingerprint density at radius 2 is 1.96 bits per heavy atom. The van der Waals surface area contributed by atoms with Gasteiger partial charge in [0.05, 0.1) is 17.3 Å². The van der Waals surface area contributed by atoms with Crippen molar-refractivity contribution in [3.63, 3.8) is 0 Å². The van der Waals surface area contributed by atoms with Crippen LogP contribution in [0, 0.1) is 5.82 Å². The molecule has 25 heavy (non-hydrogen) atoms. The zero-order valence-electron chi connectivity index (χ0n) is 14.0. The third kappa shape index (κ3) is 3.57. The minimum Gasteiger partial charge on any atom is -0.273 e. The number of carbonyl (C=O) groups is 1. The highest BCUT2D eigenvalue weighted by Gasteiger charge is 2.16. The molecule has 1 aromatic heterocycles. The molecule has 128 valence electrons. The smallest absolute Gasteiger partial charge is 0.273 e. The molecule has 0 saturated carbocycles. The Morgan fingerprint density at radius 1 is 1.20 bits per heavy atom. The highest BCUT2D eigenvalue weighted by Crippen LogP contribution is 2.14. The largest absolute Gasteiger partial charge is 0.280 e. The van der Waals surface area contributed by atoms with Crippen LogP contribution in [0.5, 0.6) is 0 Å². The van der Waals surface area contributed by atoms with Gasteiger partial charge in [-0.3, -0.25) is 15.0 Å². The molecule has 0 radical (unpaired) electrons. The van der Waals surface area contributed by atoms with E-state index >= 15 is 0 Å². The summed E-state index contributed by atoms with van der Waals surface area (Å²) < 4.78 is 14.4. The van der Waals surface area contributed by atoms with Crippen LogP contribution < -0.4 is 11.0 Å². The highest BCUT2D eigenvalue weighted by molar-refractivity contribution is 5.86. The van der Waals surface area contributed by atoms with Gasteiger partial charge in [0, 0.05) is 5.92 Å². The van der Waals surface area contributed by atoms with Gasteiger partial charge in [-0.2, -0.15) is 0 Å². The highest BCUT2D eigenvalue weighted by atomic mass is 19.1. The molecule has 0 aliphatic rings. The Bertz CT molecular complexity index is 995. The molecule has 5 nitrogen and oxygen atoms in total. The van der Waals surface area contributed by atoms with E-state index in [1.807, 2.05) is 19.9 Å². The molecule has 3 aromatic rings. The van der Waals surface area contributed by atoms with Crippen molar-refractivity contribution in [2.75, 3.05) is 5.43 Å². The number of halogens is 1. The van der Waals surface area contributed by atoms with Gasteiger partial charge in [0.2, 0.25) is 5.91 Å². The van der Waals surface area contributed by atoms with E-state index in [1.54, 1.807) is 30.3 Å². The van der Waals surface area contributed by atoms with E-state index < -0.39 is 11.7 Å². The van der Waals surface area contributed by atoms with Crippen molar-refractivity contribution in [1.82, 2.24) is 9.66 Å². The number of carbonyl (C=O) groups excluding carboxylic acids is 1. The number of hydrogen-bond donors (Lipinski definition) is 1. The summed E-state index contributed by atoms with van der Waals surface area (Å²) in [6.07, 6.45) is -0.0332. The Morgan fingerprint density at radius 3 is 2.68 bits per heavy atom. The number of rotatable bonds is 4. The number of nitrogens with one attached hydrogen (secondary N) is 1. The molecule has 0 unspecified atom stereocenters. The number of fused-ring (bicyclic) bond motifs is 1. The zero-order chi connectivity index (χ0) is 18.0. The lowest BCUT2D eigenvalue weighted by molar-refractivity contribution is -0.116. The molecule has 0 fully saturated rings. The van der Waals surface area contributed by atoms with E-state index in [1.165, 1.54) is 16.8 Å². The third-order valence-electron chi connectivity index (χ3n) is 3.81. The number of amides is 1. The fourth-order valence-electron chi connectivity index (χ4n) is 2.64. The van der Waals surface area contributed by atoms with Crippen LogP contribution in [0.15, 0.2) is 53.3 Å². The van der Waals surface area contributed by atoms with Crippen molar-refractivity contribution in [2.45, 2.75) is 26.2 Å². The first-order valence-corrected chi connectivity index (χ1v) is 8.01. The van der Waals surface area contributed by atoms with Crippen LogP contribution in [0.1, 0.15) is 31.2 Å². The second kappa shape index (κ2) is 6.84. The van der Waals surface area contributed by atoms with Crippen molar-refractivity contribution >= 4 is 16.8 Å². The summed E-state index contributed by atoms with van der Waals surface area (Å²) in [6, 6.07) is 12.8. The van der Waals surface area contributed by atoms with Crippen LogP contribution in [0.2, 0.25) is 0 Å². The normalized spacial score (nSPS) is 11.0. The molecular formula is C19H18FN3O2. The number of nitrogens with zero attached hydrogens (tertiary/aromatic N) is 2. The van der Waals surface area contributed by atoms with E-state index in [0.717, 1.165) is 0 Å². The van der Waals surface area contributed by atoms with Crippen molar-refractivity contribution in [3.05, 3.63) is 76.1 Å². The van der Waals surface area contributed by atoms with E-state index in [-0.39, 0.29) is 17.9 Å². The molecule has 0 aliphatic carbocycles. The molecule has 1 N–H and O–H groups in total. The summed E-state index contributed by atoms with van der Waals surface area (Å²) in [7, 11) is 0. The second-order valence-corrected chi connectivity index (χ2v) is 6.12. The molecule has 0 bridgehead atoms. The maximum atomic E-state index is 13.3. The zero-order valence-corrected chi connectivity index (χ0v) is 14.0. The summed E-state index contributed by atoms with van der Waals surface area (Å²) in [6.45, 7) is 3.79. The SMILES string of the molecule is CC(C)c1nc2ccccc2c(=O)n1NC(=O)Cc1cccc(F)c1. The van der Waals surface area contributed by atoms with Crippen molar-refractivity contribution in [3.8, 4) is 0 Å². The van der Waals surface area contributed by atoms with E-state index in [0.29, 0.717) is 22.3 Å². The van der Waals surface area contributed by atoms with E-state index in [9.17, 15) is 14.0 Å². The molecule has 1 heterocycles. The van der Waals surface area contributed by atoms with Crippen LogP contribution in [-0.2, 0) is 11.2 Å². The summed E-state index contributed by atoms with van der Waals surface area (Å²) in [5.74, 6) is -0.410. The predicted octanol–water partition coefficient (Wildman–Crippen LogP) is 2.97. The first-order valence-electron chi connectivity index (χ1n) is 8.01. The Kier molecular flexibility index (Phi) is 4.61. The van der Waals surface area contributed by atoms with E-state index in [4.69, 9.17) is 0 Å². The summed E-state index contributed by atoms with van der Waals surface area (Å²) in [5.41, 5.74) is 3.39. The Hall–Kier alpha value is -3.02. The fraction of sp³-hybridized carbons (Fsp3) is 0.211. The summed E-state index contributed by atoms with van der Waals surface area (Å²) >= 11 is 0. The molecule has 0 saturated heterocycles. The van der Waals surface area contributed by atoms with Gasteiger partial charge in [-0.1, -0.05) is 38.1 Å². The van der Waals surface area contributed by atoms with Crippen molar-refractivity contribution in [2.24, 2.45) is 0 Å². The van der Waals surface area contributed by atoms with Gasteiger partial charge in [0.15, 0.2) is 0 Å². The first kappa shape index (κ1) is 16.8. The first-order chi connectivity index (χ1) is 12.0. The van der Waals surface area contributed by atoms with Crippen LogP contribution in [0.3, 0.4) is 0 Å². The number of benzene rings is 2. The minimum atomic E-state index is -0.410.